The van der Waals surface area contributed by atoms with Crippen molar-refractivity contribution in [1.29, 1.82) is 0 Å². The Morgan fingerprint density at radius 2 is 1.12 bits per heavy atom. The van der Waals surface area contributed by atoms with Gasteiger partial charge in [0, 0.05) is 24.3 Å². The molecule has 0 bridgehead atoms. The molecule has 0 spiro atoms. The van der Waals surface area contributed by atoms with E-state index in [9.17, 15) is 4.79 Å². The smallest absolute Gasteiger partial charge is 0.152 e. The van der Waals surface area contributed by atoms with Crippen LogP contribution in [-0.2, 0) is 0 Å². The Morgan fingerprint density at radius 1 is 0.680 bits per heavy atom. The van der Waals surface area contributed by atoms with Gasteiger partial charge in [-0.25, -0.2) is 0 Å². The summed E-state index contributed by atoms with van der Waals surface area (Å²) in [4.78, 5) is 12.9. The second-order valence-corrected chi connectivity index (χ2v) is 5.58. The highest BCUT2D eigenvalue weighted by molar-refractivity contribution is 5.84. The molecule has 0 saturated carbocycles. The van der Waals surface area contributed by atoms with E-state index in [1.165, 1.54) is 11.1 Å². The largest absolute Gasteiger partial charge is 0.372 e. The molecule has 0 atom stereocenters. The van der Waals surface area contributed by atoms with E-state index in [1.54, 1.807) is 0 Å². The van der Waals surface area contributed by atoms with E-state index in [1.807, 2.05) is 36.4 Å². The lowest BCUT2D eigenvalue weighted by Gasteiger charge is -2.22. The van der Waals surface area contributed by atoms with Crippen molar-refractivity contribution in [2.75, 3.05) is 18.0 Å². The van der Waals surface area contributed by atoms with Gasteiger partial charge in [0.25, 0.3) is 0 Å². The predicted octanol–water partition coefficient (Wildman–Crippen LogP) is 5.70. The molecule has 128 valence electrons. The molecule has 0 N–H and O–H groups in total. The van der Waals surface area contributed by atoms with Crippen LogP contribution in [0.25, 0.3) is 11.1 Å². The summed E-state index contributed by atoms with van der Waals surface area (Å²) in [5.41, 5.74) is 4.35. The lowest BCUT2D eigenvalue weighted by atomic mass is 10.1. The number of carbonyl (C=O) groups excluding carboxylic acids is 1. The first kappa shape index (κ1) is 18.5. The molecule has 0 fully saturated rings. The van der Waals surface area contributed by atoms with Crippen molar-refractivity contribution in [2.45, 2.75) is 13.8 Å². The van der Waals surface area contributed by atoms with Crippen LogP contribution in [0.4, 0.5) is 5.69 Å². The summed E-state index contributed by atoms with van der Waals surface area (Å²) in [5.74, 6) is 0. The van der Waals surface area contributed by atoms with Gasteiger partial charge in [-0.05, 0) is 37.1 Å². The van der Waals surface area contributed by atoms with E-state index < -0.39 is 0 Å². The van der Waals surface area contributed by atoms with Gasteiger partial charge in [0.2, 0.25) is 0 Å². The van der Waals surface area contributed by atoms with E-state index in [0.29, 0.717) is 0 Å². The molecular weight excluding hydrogens is 306 g/mol. The highest BCUT2D eigenvalue weighted by Gasteiger charge is 2.05. The standard InChI is InChI=1S/C12H10.C11H15NO/c1-3-7-11(8-4-1)12-9-5-2-6-10-12;1-3-12(4-2)11-8-6-5-7-10(11)9-13/h1-10H;5-9H,3-4H2,1-2H3. The zero-order valence-electron chi connectivity index (χ0n) is 14.9. The van der Waals surface area contributed by atoms with Crippen molar-refractivity contribution in [1.82, 2.24) is 0 Å². The maximum absolute atomic E-state index is 10.7. The van der Waals surface area contributed by atoms with Crippen LogP contribution < -0.4 is 4.90 Å². The Kier molecular flexibility index (Phi) is 7.45. The third-order valence-corrected chi connectivity index (χ3v) is 4.05. The second kappa shape index (κ2) is 10.1. The van der Waals surface area contributed by atoms with Gasteiger partial charge in [-0.3, -0.25) is 4.79 Å². The summed E-state index contributed by atoms with van der Waals surface area (Å²) in [7, 11) is 0. The molecule has 0 radical (unpaired) electrons. The molecule has 0 aliphatic carbocycles. The SMILES string of the molecule is CCN(CC)c1ccccc1C=O.c1ccc(-c2ccccc2)cc1. The average molecular weight is 331 g/mol. The van der Waals surface area contributed by atoms with Crippen molar-refractivity contribution in [3.05, 3.63) is 90.5 Å². The van der Waals surface area contributed by atoms with Crippen LogP contribution in [0.5, 0.6) is 0 Å². The average Bonchev–Trinajstić information content (AvgIpc) is 2.71. The molecule has 2 heteroatoms. The Bertz CT molecular complexity index is 712. The first-order valence-corrected chi connectivity index (χ1v) is 8.69. The monoisotopic (exact) mass is 331 g/mol. The summed E-state index contributed by atoms with van der Waals surface area (Å²) < 4.78 is 0. The predicted molar refractivity (Wildman–Crippen MR) is 107 cm³/mol. The van der Waals surface area contributed by atoms with Crippen molar-refractivity contribution in [2.24, 2.45) is 0 Å². The topological polar surface area (TPSA) is 20.3 Å². The number of carbonyl (C=O) groups is 1. The molecule has 0 amide bonds. The van der Waals surface area contributed by atoms with Crippen LogP contribution in [0.1, 0.15) is 24.2 Å². The summed E-state index contributed by atoms with van der Waals surface area (Å²) in [6, 6.07) is 28.5. The lowest BCUT2D eigenvalue weighted by molar-refractivity contribution is 0.112. The minimum atomic E-state index is 0.770. The fourth-order valence-corrected chi connectivity index (χ4v) is 2.70. The molecule has 0 heterocycles. The van der Waals surface area contributed by atoms with Crippen LogP contribution in [0.2, 0.25) is 0 Å². The lowest BCUT2D eigenvalue weighted by Crippen LogP contribution is -2.22. The zero-order chi connectivity index (χ0) is 17.9. The van der Waals surface area contributed by atoms with Gasteiger partial charge in [0.1, 0.15) is 0 Å². The normalized spacial score (nSPS) is 9.68. The van der Waals surface area contributed by atoms with Crippen LogP contribution >= 0.6 is 0 Å². The van der Waals surface area contributed by atoms with Crippen molar-refractivity contribution in [3.8, 4) is 11.1 Å². The van der Waals surface area contributed by atoms with Gasteiger partial charge >= 0.3 is 0 Å². The van der Waals surface area contributed by atoms with Gasteiger partial charge in [-0.15, -0.1) is 0 Å². The molecule has 0 saturated heterocycles. The number of anilines is 1. The Morgan fingerprint density at radius 3 is 1.56 bits per heavy atom. The van der Waals surface area contributed by atoms with Crippen LogP contribution in [0.15, 0.2) is 84.9 Å². The number of para-hydroxylation sites is 1. The third-order valence-electron chi connectivity index (χ3n) is 4.05. The first-order chi connectivity index (χ1) is 12.3. The molecule has 3 aromatic carbocycles. The van der Waals surface area contributed by atoms with Gasteiger partial charge in [0.05, 0.1) is 0 Å². The minimum Gasteiger partial charge on any atom is -0.372 e. The summed E-state index contributed by atoms with van der Waals surface area (Å²) in [6.07, 6.45) is 0.910. The summed E-state index contributed by atoms with van der Waals surface area (Å²) >= 11 is 0. The quantitative estimate of drug-likeness (QED) is 0.559. The molecule has 25 heavy (non-hydrogen) atoms. The van der Waals surface area contributed by atoms with Crippen molar-refractivity contribution >= 4 is 12.0 Å². The van der Waals surface area contributed by atoms with Gasteiger partial charge in [0.15, 0.2) is 6.29 Å². The minimum absolute atomic E-state index is 0.770. The van der Waals surface area contributed by atoms with Crippen molar-refractivity contribution in [3.63, 3.8) is 0 Å². The number of rotatable bonds is 5. The van der Waals surface area contributed by atoms with E-state index in [2.05, 4.69) is 67.3 Å². The molecule has 0 unspecified atom stereocenters. The Balaban J connectivity index is 0.000000181. The molecule has 3 aromatic rings. The van der Waals surface area contributed by atoms with Gasteiger partial charge < -0.3 is 4.90 Å². The zero-order valence-corrected chi connectivity index (χ0v) is 14.9. The van der Waals surface area contributed by atoms with Crippen molar-refractivity contribution < 1.29 is 4.79 Å². The second-order valence-electron chi connectivity index (χ2n) is 5.58. The summed E-state index contributed by atoms with van der Waals surface area (Å²) in [5, 5.41) is 0. The first-order valence-electron chi connectivity index (χ1n) is 8.69. The van der Waals surface area contributed by atoms with Gasteiger partial charge in [-0.2, -0.15) is 0 Å². The molecule has 0 aromatic heterocycles. The number of hydrogen-bond donors (Lipinski definition) is 0. The van der Waals surface area contributed by atoms with Gasteiger partial charge in [-0.1, -0.05) is 72.8 Å². The van der Waals surface area contributed by atoms with Crippen LogP contribution in [-0.4, -0.2) is 19.4 Å². The number of nitrogens with zero attached hydrogens (tertiary/aromatic N) is 1. The van der Waals surface area contributed by atoms with E-state index in [4.69, 9.17) is 0 Å². The number of aldehydes is 1. The molecule has 2 nitrogen and oxygen atoms in total. The highest BCUT2D eigenvalue weighted by atomic mass is 16.1. The molecule has 3 rings (SSSR count). The number of benzene rings is 3. The molecular formula is C23H25NO. The van der Waals surface area contributed by atoms with E-state index >= 15 is 0 Å². The van der Waals surface area contributed by atoms with E-state index in [0.717, 1.165) is 30.6 Å². The Labute approximate surface area is 150 Å². The van der Waals surface area contributed by atoms with Crippen LogP contribution in [0, 0.1) is 0 Å². The molecule has 0 aliphatic heterocycles. The molecule has 0 aliphatic rings. The summed E-state index contributed by atoms with van der Waals surface area (Å²) in [6.45, 7) is 6.04. The fourth-order valence-electron chi connectivity index (χ4n) is 2.70. The maximum atomic E-state index is 10.7. The maximum Gasteiger partial charge on any atom is 0.152 e. The Hall–Kier alpha value is -2.87. The number of hydrogen-bond acceptors (Lipinski definition) is 2. The van der Waals surface area contributed by atoms with Crippen LogP contribution in [0.3, 0.4) is 0 Å². The fraction of sp³-hybridized carbons (Fsp3) is 0.174. The third kappa shape index (κ3) is 5.32. The van der Waals surface area contributed by atoms with E-state index in [-0.39, 0.29) is 0 Å². The highest BCUT2D eigenvalue weighted by Crippen LogP contribution is 2.18.